The topological polar surface area (TPSA) is 49.7 Å². The summed E-state index contributed by atoms with van der Waals surface area (Å²) in [5.41, 5.74) is 1.95. The highest BCUT2D eigenvalue weighted by Gasteiger charge is 2.49. The lowest BCUT2D eigenvalue weighted by molar-refractivity contribution is 0.312. The summed E-state index contributed by atoms with van der Waals surface area (Å²) in [6.45, 7) is 4.97. The average Bonchev–Trinajstić information content (AvgIpc) is 3.06. The normalized spacial score (nSPS) is 25.0. The van der Waals surface area contributed by atoms with E-state index in [0.29, 0.717) is 40.5 Å². The number of fused-ring (bicyclic) bond motifs is 6. The van der Waals surface area contributed by atoms with Gasteiger partial charge in [-0.05, 0) is 43.1 Å². The van der Waals surface area contributed by atoms with Crippen molar-refractivity contribution in [1.29, 1.82) is 0 Å². The van der Waals surface area contributed by atoms with Crippen molar-refractivity contribution in [1.82, 2.24) is 0 Å². The molecule has 0 radical (unpaired) electrons. The summed E-state index contributed by atoms with van der Waals surface area (Å²) in [4.78, 5) is 0. The Morgan fingerprint density at radius 3 is 2.87 bits per heavy atom. The smallest absolute Gasteiger partial charge is 0.131 e. The van der Waals surface area contributed by atoms with Gasteiger partial charge in [0.15, 0.2) is 0 Å². The quantitative estimate of drug-likeness (QED) is 0.619. The number of aromatic hydroxyl groups is 2. The monoisotopic (exact) mass is 312 g/mol. The van der Waals surface area contributed by atoms with Gasteiger partial charge in [0, 0.05) is 16.5 Å². The molecule has 0 saturated heterocycles. The van der Waals surface area contributed by atoms with E-state index in [1.165, 1.54) is 0 Å². The van der Waals surface area contributed by atoms with Crippen molar-refractivity contribution in [2.24, 2.45) is 0 Å². The van der Waals surface area contributed by atoms with Gasteiger partial charge in [-0.15, -0.1) is 0 Å². The molecule has 0 aliphatic heterocycles. The molecule has 2 bridgehead atoms. The van der Waals surface area contributed by atoms with E-state index < -0.39 is 0 Å². The number of hydrogen-bond acceptors (Lipinski definition) is 3. The van der Waals surface area contributed by atoms with Crippen molar-refractivity contribution in [3.8, 4) is 17.2 Å². The zero-order valence-corrected chi connectivity index (χ0v) is 13.9. The van der Waals surface area contributed by atoms with Crippen molar-refractivity contribution >= 4 is 10.8 Å². The number of benzene rings is 2. The van der Waals surface area contributed by atoms with Crippen LogP contribution in [0.1, 0.15) is 63.0 Å². The van der Waals surface area contributed by atoms with Crippen LogP contribution in [0.25, 0.3) is 10.8 Å². The van der Waals surface area contributed by atoms with E-state index in [0.717, 1.165) is 43.2 Å². The third-order valence-corrected chi connectivity index (χ3v) is 5.79. The van der Waals surface area contributed by atoms with Crippen LogP contribution >= 0.6 is 0 Å². The van der Waals surface area contributed by atoms with E-state index in [1.54, 1.807) is 0 Å². The third kappa shape index (κ3) is 1.95. The van der Waals surface area contributed by atoms with Crippen molar-refractivity contribution in [2.45, 2.75) is 57.3 Å². The largest absolute Gasteiger partial charge is 0.507 e. The van der Waals surface area contributed by atoms with E-state index in [2.05, 4.69) is 13.8 Å². The molecule has 2 atom stereocenters. The highest BCUT2D eigenvalue weighted by Crippen LogP contribution is 2.64. The van der Waals surface area contributed by atoms with E-state index >= 15 is 0 Å². The summed E-state index contributed by atoms with van der Waals surface area (Å²) < 4.78 is 5.89. The highest BCUT2D eigenvalue weighted by molar-refractivity contribution is 6.00. The lowest BCUT2D eigenvalue weighted by Gasteiger charge is -2.27. The molecule has 2 aliphatic rings. The first-order valence-corrected chi connectivity index (χ1v) is 8.70. The number of phenolic OH excluding ortho intramolecular Hbond substituents is 2. The standard InChI is InChI=1S/C20H24O3/c1-3-4-10-23-14-7-5-6-13-16(14)19(22)15-12-8-9-20(2,11-12)17(15)18(13)21/h5-7,12,21-22H,3-4,8-11H2,1-2H3. The van der Waals surface area contributed by atoms with Crippen molar-refractivity contribution in [2.75, 3.05) is 6.61 Å². The fourth-order valence-electron chi connectivity index (χ4n) is 4.66. The molecule has 2 aliphatic carbocycles. The van der Waals surface area contributed by atoms with Crippen LogP contribution in [0, 0.1) is 0 Å². The second-order valence-corrected chi connectivity index (χ2v) is 7.37. The predicted molar refractivity (Wildman–Crippen MR) is 91.6 cm³/mol. The molecule has 2 aromatic carbocycles. The molecular weight excluding hydrogens is 288 g/mol. The van der Waals surface area contributed by atoms with Crippen LogP contribution < -0.4 is 4.74 Å². The third-order valence-electron chi connectivity index (χ3n) is 5.79. The molecular formula is C20H24O3. The molecule has 23 heavy (non-hydrogen) atoms. The molecule has 3 heteroatoms. The lowest BCUT2D eigenvalue weighted by atomic mass is 9.79. The van der Waals surface area contributed by atoms with Crippen molar-refractivity contribution in [3.63, 3.8) is 0 Å². The molecule has 3 nitrogen and oxygen atoms in total. The van der Waals surface area contributed by atoms with Crippen molar-refractivity contribution in [3.05, 3.63) is 29.3 Å². The number of unbranched alkanes of at least 4 members (excludes halogenated alkanes) is 1. The Morgan fingerprint density at radius 1 is 1.26 bits per heavy atom. The van der Waals surface area contributed by atoms with Crippen LogP contribution in [0.15, 0.2) is 18.2 Å². The van der Waals surface area contributed by atoms with E-state index in [4.69, 9.17) is 4.74 Å². The maximum Gasteiger partial charge on any atom is 0.131 e. The summed E-state index contributed by atoms with van der Waals surface area (Å²) in [5.74, 6) is 1.72. The molecule has 1 fully saturated rings. The number of phenols is 2. The van der Waals surface area contributed by atoms with Crippen LogP contribution in [0.2, 0.25) is 0 Å². The molecule has 122 valence electrons. The molecule has 1 saturated carbocycles. The number of hydrogen-bond donors (Lipinski definition) is 2. The molecule has 0 heterocycles. The van der Waals surface area contributed by atoms with Gasteiger partial charge >= 0.3 is 0 Å². The first kappa shape index (κ1) is 14.7. The van der Waals surface area contributed by atoms with Crippen LogP contribution in [0.4, 0.5) is 0 Å². The fraction of sp³-hybridized carbons (Fsp3) is 0.500. The Kier molecular flexibility index (Phi) is 3.22. The summed E-state index contributed by atoms with van der Waals surface area (Å²) in [6.07, 6.45) is 5.27. The van der Waals surface area contributed by atoms with Gasteiger partial charge < -0.3 is 14.9 Å². The zero-order chi connectivity index (χ0) is 16.2. The van der Waals surface area contributed by atoms with Gasteiger partial charge in [-0.3, -0.25) is 0 Å². The maximum atomic E-state index is 11.0. The Morgan fingerprint density at radius 2 is 2.09 bits per heavy atom. The summed E-state index contributed by atoms with van der Waals surface area (Å²) in [6, 6.07) is 5.66. The first-order chi connectivity index (χ1) is 11.1. The fourth-order valence-corrected chi connectivity index (χ4v) is 4.66. The minimum Gasteiger partial charge on any atom is -0.507 e. The minimum absolute atomic E-state index is 0.00876. The Labute approximate surface area is 136 Å². The van der Waals surface area contributed by atoms with Gasteiger partial charge in [-0.25, -0.2) is 0 Å². The van der Waals surface area contributed by atoms with E-state index in [-0.39, 0.29) is 5.41 Å². The summed E-state index contributed by atoms with van der Waals surface area (Å²) in [7, 11) is 0. The number of ether oxygens (including phenoxy) is 1. The van der Waals surface area contributed by atoms with Crippen LogP contribution in [-0.2, 0) is 5.41 Å². The maximum absolute atomic E-state index is 11.0. The average molecular weight is 312 g/mol. The zero-order valence-electron chi connectivity index (χ0n) is 13.9. The number of rotatable bonds is 4. The van der Waals surface area contributed by atoms with E-state index in [9.17, 15) is 10.2 Å². The van der Waals surface area contributed by atoms with Gasteiger partial charge in [0.1, 0.15) is 17.2 Å². The highest BCUT2D eigenvalue weighted by atomic mass is 16.5. The second kappa shape index (κ2) is 5.05. The molecule has 2 aromatic rings. The molecule has 0 aromatic heterocycles. The van der Waals surface area contributed by atoms with Crippen LogP contribution in [0.3, 0.4) is 0 Å². The van der Waals surface area contributed by atoms with Gasteiger partial charge in [-0.2, -0.15) is 0 Å². The van der Waals surface area contributed by atoms with Crippen molar-refractivity contribution < 1.29 is 14.9 Å². The Hall–Kier alpha value is -1.90. The van der Waals surface area contributed by atoms with Crippen LogP contribution in [-0.4, -0.2) is 16.8 Å². The van der Waals surface area contributed by atoms with Gasteiger partial charge in [-0.1, -0.05) is 32.4 Å². The summed E-state index contributed by atoms with van der Waals surface area (Å²) in [5, 5.41) is 23.3. The molecule has 2 unspecified atom stereocenters. The minimum atomic E-state index is 0.00876. The SMILES string of the molecule is CCCCOc1cccc2c(O)c3c(c(O)c12)C1CCC3(C)C1. The van der Waals surface area contributed by atoms with Gasteiger partial charge in [0.25, 0.3) is 0 Å². The first-order valence-electron chi connectivity index (χ1n) is 8.70. The van der Waals surface area contributed by atoms with Gasteiger partial charge in [0.05, 0.1) is 12.0 Å². The Bertz CT molecular complexity index is 780. The lowest BCUT2D eigenvalue weighted by Crippen LogP contribution is -2.16. The second-order valence-electron chi connectivity index (χ2n) is 7.37. The molecule has 4 rings (SSSR count). The summed E-state index contributed by atoms with van der Waals surface area (Å²) >= 11 is 0. The van der Waals surface area contributed by atoms with Gasteiger partial charge in [0.2, 0.25) is 0 Å². The molecule has 0 spiro atoms. The van der Waals surface area contributed by atoms with Crippen LogP contribution in [0.5, 0.6) is 17.2 Å². The Balaban J connectivity index is 1.94. The van der Waals surface area contributed by atoms with E-state index in [1.807, 2.05) is 18.2 Å². The predicted octanol–water partition coefficient (Wildman–Crippen LogP) is 4.97. The molecule has 2 N–H and O–H groups in total. The molecule has 0 amide bonds.